The highest BCUT2D eigenvalue weighted by atomic mass is 19.1. The van der Waals surface area contributed by atoms with Gasteiger partial charge in [-0.1, -0.05) is 48.5 Å². The van der Waals surface area contributed by atoms with Gasteiger partial charge in [-0.15, -0.1) is 5.10 Å². The zero-order chi connectivity index (χ0) is 22.9. The van der Waals surface area contributed by atoms with Crippen LogP contribution in [0.15, 0.2) is 88.5 Å². The smallest absolute Gasteiger partial charge is 0.324 e. The molecule has 0 unspecified atom stereocenters. The van der Waals surface area contributed by atoms with E-state index in [1.54, 1.807) is 30.3 Å². The van der Waals surface area contributed by atoms with Crippen LogP contribution in [0.1, 0.15) is 5.56 Å². The van der Waals surface area contributed by atoms with Crippen LogP contribution < -0.4 is 16.6 Å². The molecule has 1 N–H and O–H groups in total. The second-order valence-corrected chi connectivity index (χ2v) is 7.53. The van der Waals surface area contributed by atoms with E-state index in [9.17, 15) is 18.8 Å². The van der Waals surface area contributed by atoms with Gasteiger partial charge in [0, 0.05) is 5.69 Å². The average Bonchev–Trinajstić information content (AvgIpc) is 3.13. The Labute approximate surface area is 186 Å². The van der Waals surface area contributed by atoms with Gasteiger partial charge in [0.15, 0.2) is 0 Å². The molecular weight excluding hydrogens is 425 g/mol. The van der Waals surface area contributed by atoms with Gasteiger partial charge in [-0.2, -0.15) is 0 Å². The molecule has 0 saturated carbocycles. The van der Waals surface area contributed by atoms with Gasteiger partial charge in [0.2, 0.25) is 11.7 Å². The van der Waals surface area contributed by atoms with Gasteiger partial charge in [0.05, 0.1) is 17.4 Å². The maximum Gasteiger partial charge on any atom is 0.352 e. The van der Waals surface area contributed by atoms with Gasteiger partial charge in [-0.25, -0.2) is 18.3 Å². The first-order valence-corrected chi connectivity index (χ1v) is 10.2. The minimum absolute atomic E-state index is 0.131. The van der Waals surface area contributed by atoms with Crippen molar-refractivity contribution in [2.45, 2.75) is 13.1 Å². The molecule has 1 amide bonds. The topological polar surface area (TPSA) is 90.4 Å². The second-order valence-electron chi connectivity index (χ2n) is 7.53. The minimum Gasteiger partial charge on any atom is -0.324 e. The van der Waals surface area contributed by atoms with Gasteiger partial charge >= 0.3 is 5.69 Å². The van der Waals surface area contributed by atoms with Crippen molar-refractivity contribution in [3.05, 3.63) is 111 Å². The van der Waals surface area contributed by atoms with Gasteiger partial charge in [0.1, 0.15) is 12.4 Å². The van der Waals surface area contributed by atoms with E-state index in [1.807, 2.05) is 30.3 Å². The Morgan fingerprint density at radius 3 is 2.48 bits per heavy atom. The van der Waals surface area contributed by atoms with E-state index in [2.05, 4.69) is 10.4 Å². The summed E-state index contributed by atoms with van der Waals surface area (Å²) in [5, 5.41) is 7.23. The van der Waals surface area contributed by atoms with Gasteiger partial charge in [-0.05, 0) is 35.9 Å². The van der Waals surface area contributed by atoms with Crippen molar-refractivity contribution in [3.8, 4) is 0 Å². The van der Waals surface area contributed by atoms with Crippen LogP contribution in [-0.2, 0) is 17.9 Å². The van der Waals surface area contributed by atoms with E-state index in [1.165, 1.54) is 27.2 Å². The third-order valence-corrected chi connectivity index (χ3v) is 5.27. The zero-order valence-electron chi connectivity index (χ0n) is 17.3. The number of nitrogens with zero attached hydrogens (tertiary/aromatic N) is 4. The number of hydrogen-bond acceptors (Lipinski definition) is 4. The lowest BCUT2D eigenvalue weighted by Gasteiger charge is -2.09. The van der Waals surface area contributed by atoms with Crippen molar-refractivity contribution in [2.24, 2.45) is 0 Å². The number of carbonyl (C=O) groups excluding carboxylic acids is 1. The Morgan fingerprint density at radius 2 is 1.70 bits per heavy atom. The van der Waals surface area contributed by atoms with Crippen LogP contribution in [0.25, 0.3) is 16.7 Å². The van der Waals surface area contributed by atoms with E-state index in [0.29, 0.717) is 10.9 Å². The molecule has 0 saturated heterocycles. The predicted octanol–water partition coefficient (Wildman–Crippen LogP) is 2.64. The molecule has 164 valence electrons. The van der Waals surface area contributed by atoms with Crippen molar-refractivity contribution >= 4 is 28.3 Å². The van der Waals surface area contributed by atoms with E-state index >= 15 is 0 Å². The summed E-state index contributed by atoms with van der Waals surface area (Å²) in [5.41, 5.74) is 0.690. The van der Waals surface area contributed by atoms with Crippen molar-refractivity contribution in [1.29, 1.82) is 0 Å². The highest BCUT2D eigenvalue weighted by Gasteiger charge is 2.19. The number of nitrogens with one attached hydrogen (secondary N) is 1. The molecule has 0 spiro atoms. The number of carbonyl (C=O) groups is 1. The number of para-hydroxylation sites is 1. The Kier molecular flexibility index (Phi) is 5.06. The maximum absolute atomic E-state index is 13.4. The molecule has 8 nitrogen and oxygen atoms in total. The molecule has 9 heteroatoms. The van der Waals surface area contributed by atoms with Crippen LogP contribution in [-0.4, -0.2) is 24.7 Å². The van der Waals surface area contributed by atoms with Crippen LogP contribution in [0.5, 0.6) is 0 Å². The minimum atomic E-state index is -0.558. The number of anilines is 1. The largest absolute Gasteiger partial charge is 0.352 e. The average molecular weight is 443 g/mol. The molecule has 0 aliphatic rings. The number of fused-ring (bicyclic) bond motifs is 3. The van der Waals surface area contributed by atoms with Gasteiger partial charge < -0.3 is 5.32 Å². The van der Waals surface area contributed by atoms with E-state index in [0.717, 1.165) is 10.2 Å². The fraction of sp³-hybridized carbons (Fsp3) is 0.0833. The number of halogens is 1. The quantitative estimate of drug-likeness (QED) is 0.452. The summed E-state index contributed by atoms with van der Waals surface area (Å²) in [5.74, 6) is -0.910. The molecule has 2 aromatic heterocycles. The van der Waals surface area contributed by atoms with Crippen LogP contribution >= 0.6 is 0 Å². The molecule has 3 aromatic carbocycles. The molecule has 2 heterocycles. The Bertz CT molecular complexity index is 1620. The summed E-state index contributed by atoms with van der Waals surface area (Å²) in [7, 11) is 0. The number of amides is 1. The van der Waals surface area contributed by atoms with Crippen LogP contribution in [0.3, 0.4) is 0 Å². The number of hydrogen-bond donors (Lipinski definition) is 1. The summed E-state index contributed by atoms with van der Waals surface area (Å²) in [4.78, 5) is 39.0. The highest BCUT2D eigenvalue weighted by Crippen LogP contribution is 2.13. The Hall–Kier alpha value is -4.53. The summed E-state index contributed by atoms with van der Waals surface area (Å²) in [6.45, 7) is -0.190. The second kappa shape index (κ2) is 8.19. The van der Waals surface area contributed by atoms with E-state index in [-0.39, 0.29) is 23.6 Å². The van der Waals surface area contributed by atoms with Gasteiger partial charge in [0.25, 0.3) is 5.56 Å². The fourth-order valence-electron chi connectivity index (χ4n) is 3.78. The standard InChI is InChI=1S/C24H18FN5O3/c25-17-9-6-10-18(13-17)26-21(31)15-29-24(33)30-20-12-5-4-11-19(20)22(32)28(23(30)27-29)14-16-7-2-1-3-8-16/h1-13H,14-15H2,(H,26,31). The van der Waals surface area contributed by atoms with E-state index < -0.39 is 24.0 Å². The Balaban J connectivity index is 1.61. The molecule has 5 aromatic rings. The van der Waals surface area contributed by atoms with Gasteiger partial charge in [-0.3, -0.25) is 14.2 Å². The first-order chi connectivity index (χ1) is 16.0. The van der Waals surface area contributed by atoms with Crippen LogP contribution in [0.2, 0.25) is 0 Å². The molecule has 0 fully saturated rings. The lowest BCUT2D eigenvalue weighted by atomic mass is 10.2. The molecule has 0 aliphatic carbocycles. The number of rotatable bonds is 5. The SMILES string of the molecule is O=C(Cn1nc2n(Cc3ccccc3)c(=O)c3ccccc3n2c1=O)Nc1cccc(F)c1. The van der Waals surface area contributed by atoms with Crippen LogP contribution in [0.4, 0.5) is 10.1 Å². The summed E-state index contributed by atoms with van der Waals surface area (Å²) in [6, 6.07) is 21.6. The highest BCUT2D eigenvalue weighted by molar-refractivity contribution is 5.90. The lowest BCUT2D eigenvalue weighted by Crippen LogP contribution is -2.29. The molecule has 0 radical (unpaired) electrons. The lowest BCUT2D eigenvalue weighted by molar-refractivity contribution is -0.117. The van der Waals surface area contributed by atoms with Crippen molar-refractivity contribution < 1.29 is 9.18 Å². The van der Waals surface area contributed by atoms with Crippen LogP contribution in [0, 0.1) is 5.82 Å². The maximum atomic E-state index is 13.4. The molecular formula is C24H18FN5O3. The molecule has 0 aliphatic heterocycles. The number of benzene rings is 3. The molecule has 0 bridgehead atoms. The number of aromatic nitrogens is 4. The van der Waals surface area contributed by atoms with Crippen molar-refractivity contribution in [2.75, 3.05) is 5.32 Å². The zero-order valence-corrected chi connectivity index (χ0v) is 17.3. The predicted molar refractivity (Wildman–Crippen MR) is 122 cm³/mol. The third kappa shape index (κ3) is 3.80. The summed E-state index contributed by atoms with van der Waals surface area (Å²) < 4.78 is 17.1. The van der Waals surface area contributed by atoms with Crippen molar-refractivity contribution in [3.63, 3.8) is 0 Å². The fourth-order valence-corrected chi connectivity index (χ4v) is 3.78. The third-order valence-electron chi connectivity index (χ3n) is 5.27. The summed E-state index contributed by atoms with van der Waals surface area (Å²) >= 11 is 0. The van der Waals surface area contributed by atoms with Crippen molar-refractivity contribution in [1.82, 2.24) is 18.7 Å². The molecule has 33 heavy (non-hydrogen) atoms. The van der Waals surface area contributed by atoms with E-state index in [4.69, 9.17) is 0 Å². The molecule has 0 atom stereocenters. The first kappa shape index (κ1) is 20.4. The summed E-state index contributed by atoms with van der Waals surface area (Å²) in [6.07, 6.45) is 0. The monoisotopic (exact) mass is 443 g/mol. The molecule has 5 rings (SSSR count). The Morgan fingerprint density at radius 1 is 0.939 bits per heavy atom. The first-order valence-electron chi connectivity index (χ1n) is 10.2. The normalized spacial score (nSPS) is 11.2.